The summed E-state index contributed by atoms with van der Waals surface area (Å²) in [6, 6.07) is 0. The molecule has 0 aliphatic rings. The molecular formula is C10H12N6. The summed E-state index contributed by atoms with van der Waals surface area (Å²) in [4.78, 5) is 8.73. The molecule has 0 saturated heterocycles. The van der Waals surface area contributed by atoms with Crippen LogP contribution in [0.4, 0.5) is 0 Å². The smallest absolute Gasteiger partial charge is 0.191 e. The normalized spacial score (nSPS) is 11.6. The quantitative estimate of drug-likeness (QED) is 0.661. The van der Waals surface area contributed by atoms with Gasteiger partial charge in [0.1, 0.15) is 12.7 Å². The first-order chi connectivity index (χ1) is 7.90. The van der Waals surface area contributed by atoms with Crippen LogP contribution in [0.25, 0.3) is 16.8 Å². The zero-order valence-electron chi connectivity index (χ0n) is 9.04. The van der Waals surface area contributed by atoms with Crippen LogP contribution in [0.2, 0.25) is 0 Å². The van der Waals surface area contributed by atoms with E-state index in [-0.39, 0.29) is 0 Å². The lowest BCUT2D eigenvalue weighted by Gasteiger charge is -2.01. The van der Waals surface area contributed by atoms with Crippen molar-refractivity contribution in [1.82, 2.24) is 29.1 Å². The Morgan fingerprint density at radius 2 is 2.06 bits per heavy atom. The van der Waals surface area contributed by atoms with Crippen LogP contribution < -0.4 is 0 Å². The second-order valence-electron chi connectivity index (χ2n) is 3.77. The van der Waals surface area contributed by atoms with Gasteiger partial charge in [-0.2, -0.15) is 0 Å². The highest BCUT2D eigenvalue weighted by Crippen LogP contribution is 2.14. The number of fused-ring (bicyclic) bond motifs is 3. The monoisotopic (exact) mass is 216 g/mol. The van der Waals surface area contributed by atoms with Gasteiger partial charge in [-0.25, -0.2) is 9.97 Å². The topological polar surface area (TPSA) is 60.9 Å². The minimum Gasteiger partial charge on any atom is -0.315 e. The van der Waals surface area contributed by atoms with E-state index in [0.29, 0.717) is 0 Å². The molecule has 0 spiro atoms. The summed E-state index contributed by atoms with van der Waals surface area (Å²) in [6.07, 6.45) is 7.47. The van der Waals surface area contributed by atoms with Crippen LogP contribution in [-0.4, -0.2) is 29.1 Å². The molecule has 0 aliphatic carbocycles. The van der Waals surface area contributed by atoms with Gasteiger partial charge in [0.15, 0.2) is 16.8 Å². The third kappa shape index (κ3) is 1.26. The molecule has 3 rings (SSSR count). The highest BCUT2D eigenvalue weighted by atomic mass is 15.3. The fourth-order valence-electron chi connectivity index (χ4n) is 1.77. The standard InChI is InChI=1S/C10H12N6/c1-2-3-4-15-5-11-8-9(15)12-6-16-7-13-14-10(8)16/h5-7H,2-4H2,1H3. The molecule has 3 aromatic rings. The lowest BCUT2D eigenvalue weighted by Crippen LogP contribution is -1.98. The second-order valence-corrected chi connectivity index (χ2v) is 3.77. The largest absolute Gasteiger partial charge is 0.315 e. The van der Waals surface area contributed by atoms with E-state index in [1.54, 1.807) is 17.1 Å². The van der Waals surface area contributed by atoms with Crippen molar-refractivity contribution in [3.05, 3.63) is 19.0 Å². The van der Waals surface area contributed by atoms with Crippen molar-refractivity contribution in [1.29, 1.82) is 0 Å². The minimum absolute atomic E-state index is 0.764. The van der Waals surface area contributed by atoms with Gasteiger partial charge in [0.05, 0.1) is 6.33 Å². The van der Waals surface area contributed by atoms with Crippen molar-refractivity contribution in [2.75, 3.05) is 0 Å². The zero-order chi connectivity index (χ0) is 11.0. The van der Waals surface area contributed by atoms with Gasteiger partial charge in [-0.05, 0) is 6.42 Å². The Labute approximate surface area is 92.0 Å². The van der Waals surface area contributed by atoms with Crippen molar-refractivity contribution in [3.63, 3.8) is 0 Å². The first-order valence-electron chi connectivity index (χ1n) is 5.39. The first kappa shape index (κ1) is 9.26. The van der Waals surface area contributed by atoms with Crippen LogP contribution >= 0.6 is 0 Å². The lowest BCUT2D eigenvalue weighted by atomic mass is 10.3. The second kappa shape index (κ2) is 3.55. The third-order valence-electron chi connectivity index (χ3n) is 2.65. The third-order valence-corrected chi connectivity index (χ3v) is 2.65. The fourth-order valence-corrected chi connectivity index (χ4v) is 1.77. The highest BCUT2D eigenvalue weighted by molar-refractivity contribution is 5.84. The fraction of sp³-hybridized carbons (Fsp3) is 0.400. The minimum atomic E-state index is 0.764. The average molecular weight is 216 g/mol. The van der Waals surface area contributed by atoms with Gasteiger partial charge in [-0.3, -0.25) is 4.40 Å². The van der Waals surface area contributed by atoms with Gasteiger partial charge in [-0.1, -0.05) is 13.3 Å². The van der Waals surface area contributed by atoms with Gasteiger partial charge in [-0.15, -0.1) is 10.2 Å². The van der Waals surface area contributed by atoms with E-state index in [9.17, 15) is 0 Å². The Bertz CT molecular complexity index is 622. The number of nitrogens with zero attached hydrogens (tertiary/aromatic N) is 6. The maximum atomic E-state index is 4.38. The molecule has 0 fully saturated rings. The van der Waals surface area contributed by atoms with Gasteiger partial charge < -0.3 is 4.57 Å². The predicted molar refractivity (Wildman–Crippen MR) is 59.0 cm³/mol. The molecule has 0 unspecified atom stereocenters. The Kier molecular flexibility index (Phi) is 2.05. The number of unbranched alkanes of at least 4 members (excludes halogenated alkanes) is 1. The SMILES string of the molecule is CCCCn1cnc2c1ncn1cnnc21. The lowest BCUT2D eigenvalue weighted by molar-refractivity contribution is 0.641. The predicted octanol–water partition coefficient (Wildman–Crippen LogP) is 1.27. The molecule has 0 aliphatic heterocycles. The van der Waals surface area contributed by atoms with E-state index in [2.05, 4.69) is 31.7 Å². The number of aromatic nitrogens is 6. The van der Waals surface area contributed by atoms with Gasteiger partial charge in [0, 0.05) is 6.54 Å². The Morgan fingerprint density at radius 1 is 1.12 bits per heavy atom. The Hall–Kier alpha value is -1.98. The molecule has 16 heavy (non-hydrogen) atoms. The molecule has 82 valence electrons. The van der Waals surface area contributed by atoms with E-state index >= 15 is 0 Å². The molecule has 0 N–H and O–H groups in total. The molecule has 0 bridgehead atoms. The van der Waals surface area contributed by atoms with E-state index < -0.39 is 0 Å². The summed E-state index contributed by atoms with van der Waals surface area (Å²) in [5.41, 5.74) is 2.46. The summed E-state index contributed by atoms with van der Waals surface area (Å²) >= 11 is 0. The number of imidazole rings is 1. The summed E-state index contributed by atoms with van der Waals surface area (Å²) < 4.78 is 3.84. The van der Waals surface area contributed by atoms with E-state index in [1.165, 1.54) is 0 Å². The number of aryl methyl sites for hydroxylation is 1. The molecule has 0 saturated carbocycles. The molecule has 0 amide bonds. The summed E-state index contributed by atoms with van der Waals surface area (Å²) in [6.45, 7) is 3.12. The summed E-state index contributed by atoms with van der Waals surface area (Å²) in [5, 5.41) is 7.88. The van der Waals surface area contributed by atoms with Gasteiger partial charge in [0.2, 0.25) is 0 Å². The molecule has 0 radical (unpaired) electrons. The van der Waals surface area contributed by atoms with E-state index in [4.69, 9.17) is 0 Å². The number of hydrogen-bond donors (Lipinski definition) is 0. The van der Waals surface area contributed by atoms with Gasteiger partial charge >= 0.3 is 0 Å². The van der Waals surface area contributed by atoms with E-state index in [1.807, 2.05) is 6.33 Å². The zero-order valence-corrected chi connectivity index (χ0v) is 9.04. The molecule has 6 heteroatoms. The molecule has 0 aromatic carbocycles. The molecule has 3 aromatic heterocycles. The number of hydrogen-bond acceptors (Lipinski definition) is 4. The van der Waals surface area contributed by atoms with Crippen LogP contribution in [0.5, 0.6) is 0 Å². The van der Waals surface area contributed by atoms with Crippen molar-refractivity contribution in [3.8, 4) is 0 Å². The van der Waals surface area contributed by atoms with Crippen molar-refractivity contribution in [2.45, 2.75) is 26.3 Å². The highest BCUT2D eigenvalue weighted by Gasteiger charge is 2.09. The molecule has 3 heterocycles. The Balaban J connectivity index is 2.18. The Morgan fingerprint density at radius 3 is 2.94 bits per heavy atom. The van der Waals surface area contributed by atoms with Crippen molar-refractivity contribution < 1.29 is 0 Å². The summed E-state index contributed by atoms with van der Waals surface area (Å²) in [5.74, 6) is 0. The van der Waals surface area contributed by atoms with Crippen LogP contribution in [0.1, 0.15) is 19.8 Å². The molecular weight excluding hydrogens is 204 g/mol. The van der Waals surface area contributed by atoms with Gasteiger partial charge in [0.25, 0.3) is 0 Å². The maximum Gasteiger partial charge on any atom is 0.191 e. The van der Waals surface area contributed by atoms with Crippen LogP contribution in [-0.2, 0) is 6.54 Å². The molecule has 0 atom stereocenters. The first-order valence-corrected chi connectivity index (χ1v) is 5.39. The maximum absolute atomic E-state index is 4.38. The number of rotatable bonds is 3. The van der Waals surface area contributed by atoms with Crippen LogP contribution in [0, 0.1) is 0 Å². The van der Waals surface area contributed by atoms with Crippen molar-refractivity contribution in [2.24, 2.45) is 0 Å². The summed E-state index contributed by atoms with van der Waals surface area (Å²) in [7, 11) is 0. The van der Waals surface area contributed by atoms with Crippen molar-refractivity contribution >= 4 is 16.8 Å². The molecule has 6 nitrogen and oxygen atoms in total. The van der Waals surface area contributed by atoms with E-state index in [0.717, 1.165) is 36.2 Å². The average Bonchev–Trinajstić information content (AvgIpc) is 2.91. The van der Waals surface area contributed by atoms with Crippen LogP contribution in [0.3, 0.4) is 0 Å². The van der Waals surface area contributed by atoms with Crippen LogP contribution in [0.15, 0.2) is 19.0 Å².